The third-order valence-electron chi connectivity index (χ3n) is 7.00. The van der Waals surface area contributed by atoms with Gasteiger partial charge in [-0.25, -0.2) is 0 Å². The lowest BCUT2D eigenvalue weighted by Gasteiger charge is -2.36. The molecule has 2 bridgehead atoms. The van der Waals surface area contributed by atoms with Crippen LogP contribution < -0.4 is 0 Å². The van der Waals surface area contributed by atoms with Crippen molar-refractivity contribution in [3.05, 3.63) is 35.9 Å². The molecule has 1 saturated heterocycles. The Morgan fingerprint density at radius 1 is 1.19 bits per heavy atom. The maximum Gasteiger partial charge on any atom is 0.223 e. The Balaban J connectivity index is 1.42. The van der Waals surface area contributed by atoms with Crippen LogP contribution in [0.25, 0.3) is 0 Å². The molecule has 2 aliphatic carbocycles. The van der Waals surface area contributed by atoms with Gasteiger partial charge < -0.3 is 9.64 Å². The molecule has 4 heteroatoms. The van der Waals surface area contributed by atoms with Crippen molar-refractivity contribution < 1.29 is 9.53 Å². The molecule has 3 fully saturated rings. The molecule has 3 aliphatic rings. The molecule has 0 aromatic heterocycles. The van der Waals surface area contributed by atoms with E-state index in [2.05, 4.69) is 41.0 Å². The molecule has 2 saturated carbocycles. The molecule has 1 aromatic carbocycles. The van der Waals surface area contributed by atoms with Gasteiger partial charge in [-0.1, -0.05) is 36.8 Å². The Labute approximate surface area is 163 Å². The third kappa shape index (κ3) is 4.72. The summed E-state index contributed by atoms with van der Waals surface area (Å²) in [6.45, 7) is 7.46. The van der Waals surface area contributed by atoms with Crippen molar-refractivity contribution in [1.82, 2.24) is 9.80 Å². The van der Waals surface area contributed by atoms with Gasteiger partial charge >= 0.3 is 0 Å². The minimum absolute atomic E-state index is 0.231. The Morgan fingerprint density at radius 3 is 2.63 bits per heavy atom. The molecule has 1 heterocycles. The number of morpholine rings is 1. The summed E-state index contributed by atoms with van der Waals surface area (Å²) >= 11 is 0. The van der Waals surface area contributed by atoms with Crippen LogP contribution in [0.4, 0.5) is 0 Å². The zero-order valence-corrected chi connectivity index (χ0v) is 16.7. The van der Waals surface area contributed by atoms with E-state index in [1.165, 1.54) is 31.2 Å². The Bertz CT molecular complexity index is 614. The van der Waals surface area contributed by atoms with Crippen molar-refractivity contribution in [3.63, 3.8) is 0 Å². The summed E-state index contributed by atoms with van der Waals surface area (Å²) in [4.78, 5) is 17.9. The van der Waals surface area contributed by atoms with Gasteiger partial charge in [0.2, 0.25) is 5.91 Å². The summed E-state index contributed by atoms with van der Waals surface area (Å²) in [6, 6.07) is 10.7. The van der Waals surface area contributed by atoms with Crippen LogP contribution in [0.15, 0.2) is 30.3 Å². The van der Waals surface area contributed by atoms with Crippen LogP contribution in [0.3, 0.4) is 0 Å². The van der Waals surface area contributed by atoms with Crippen LogP contribution in [0.5, 0.6) is 0 Å². The summed E-state index contributed by atoms with van der Waals surface area (Å²) in [6.07, 6.45) is 6.16. The van der Waals surface area contributed by atoms with Gasteiger partial charge in [0.15, 0.2) is 0 Å². The minimum Gasteiger partial charge on any atom is -0.379 e. The van der Waals surface area contributed by atoms with Crippen molar-refractivity contribution >= 4 is 5.91 Å². The minimum atomic E-state index is 0.231. The second-order valence-corrected chi connectivity index (χ2v) is 8.91. The number of fused-ring (bicyclic) bond motifs is 2. The Morgan fingerprint density at radius 2 is 1.96 bits per heavy atom. The highest BCUT2D eigenvalue weighted by Gasteiger charge is 2.41. The first-order valence-corrected chi connectivity index (χ1v) is 10.8. The summed E-state index contributed by atoms with van der Waals surface area (Å²) < 4.78 is 5.48. The number of carbonyl (C=O) groups excluding carboxylic acids is 1. The normalized spacial score (nSPS) is 29.0. The summed E-state index contributed by atoms with van der Waals surface area (Å²) in [5.74, 6) is 2.70. The highest BCUT2D eigenvalue weighted by Crippen LogP contribution is 2.49. The molecule has 0 spiro atoms. The molecule has 1 aliphatic heterocycles. The molecule has 4 unspecified atom stereocenters. The molecule has 148 valence electrons. The van der Waals surface area contributed by atoms with E-state index in [-0.39, 0.29) is 6.04 Å². The van der Waals surface area contributed by atoms with Crippen LogP contribution in [-0.2, 0) is 16.1 Å². The van der Waals surface area contributed by atoms with E-state index in [9.17, 15) is 4.79 Å². The van der Waals surface area contributed by atoms with E-state index in [4.69, 9.17) is 4.74 Å². The van der Waals surface area contributed by atoms with Crippen LogP contribution in [0.2, 0.25) is 0 Å². The van der Waals surface area contributed by atoms with Gasteiger partial charge in [-0.2, -0.15) is 0 Å². The first-order chi connectivity index (χ1) is 13.2. The van der Waals surface area contributed by atoms with Crippen molar-refractivity contribution in [2.24, 2.45) is 17.8 Å². The molecule has 0 N–H and O–H groups in total. The third-order valence-corrected chi connectivity index (χ3v) is 7.00. The maximum absolute atomic E-state index is 13.3. The average Bonchev–Trinajstić information content (AvgIpc) is 3.30. The number of hydrogen-bond donors (Lipinski definition) is 0. The Hall–Kier alpha value is -1.39. The van der Waals surface area contributed by atoms with Crippen LogP contribution in [0.1, 0.15) is 44.6 Å². The van der Waals surface area contributed by atoms with Gasteiger partial charge in [0.25, 0.3) is 0 Å². The fraction of sp³-hybridized carbons (Fsp3) is 0.696. The number of nitrogens with zero attached hydrogens (tertiary/aromatic N) is 2. The van der Waals surface area contributed by atoms with Crippen molar-refractivity contribution in [3.8, 4) is 0 Å². The first-order valence-electron chi connectivity index (χ1n) is 10.8. The van der Waals surface area contributed by atoms with Gasteiger partial charge in [0.05, 0.1) is 13.2 Å². The number of ether oxygens (including phenoxy) is 1. The lowest BCUT2D eigenvalue weighted by molar-refractivity contribution is -0.136. The topological polar surface area (TPSA) is 32.8 Å². The molecule has 4 nitrogen and oxygen atoms in total. The zero-order valence-electron chi connectivity index (χ0n) is 16.7. The second-order valence-electron chi connectivity index (χ2n) is 8.91. The second kappa shape index (κ2) is 8.74. The van der Waals surface area contributed by atoms with Crippen molar-refractivity contribution in [2.75, 3.05) is 32.8 Å². The number of rotatable bonds is 7. The lowest BCUT2D eigenvalue weighted by Crippen LogP contribution is -2.48. The molecular formula is C23H34N2O2. The predicted octanol–water partition coefficient (Wildman–Crippen LogP) is 3.56. The van der Waals surface area contributed by atoms with Crippen LogP contribution in [0, 0.1) is 17.8 Å². The highest BCUT2D eigenvalue weighted by atomic mass is 16.5. The van der Waals surface area contributed by atoms with E-state index in [0.29, 0.717) is 11.8 Å². The maximum atomic E-state index is 13.3. The average molecular weight is 371 g/mol. The van der Waals surface area contributed by atoms with Crippen molar-refractivity contribution in [2.45, 2.75) is 51.6 Å². The number of amides is 1. The molecule has 4 atom stereocenters. The molecule has 4 rings (SSSR count). The molecule has 1 amide bonds. The van der Waals surface area contributed by atoms with E-state index >= 15 is 0 Å². The highest BCUT2D eigenvalue weighted by molar-refractivity contribution is 5.77. The van der Waals surface area contributed by atoms with Gasteiger partial charge in [-0.3, -0.25) is 9.69 Å². The number of carbonyl (C=O) groups is 1. The molecule has 0 radical (unpaired) electrons. The van der Waals surface area contributed by atoms with E-state index in [1.807, 2.05) is 6.07 Å². The first kappa shape index (κ1) is 18.9. The largest absolute Gasteiger partial charge is 0.379 e. The van der Waals surface area contributed by atoms with Crippen LogP contribution in [-0.4, -0.2) is 54.6 Å². The molecular weight excluding hydrogens is 336 g/mol. The predicted molar refractivity (Wildman–Crippen MR) is 107 cm³/mol. The number of benzene rings is 1. The fourth-order valence-electron chi connectivity index (χ4n) is 5.49. The quantitative estimate of drug-likeness (QED) is 0.736. The fourth-order valence-corrected chi connectivity index (χ4v) is 5.49. The Kier molecular flexibility index (Phi) is 6.14. The van der Waals surface area contributed by atoms with E-state index < -0.39 is 0 Å². The van der Waals surface area contributed by atoms with Gasteiger partial charge in [-0.15, -0.1) is 0 Å². The monoisotopic (exact) mass is 370 g/mol. The summed E-state index contributed by atoms with van der Waals surface area (Å²) in [5.41, 5.74) is 1.23. The lowest BCUT2D eigenvalue weighted by atomic mass is 9.86. The zero-order chi connectivity index (χ0) is 18.6. The smallest absolute Gasteiger partial charge is 0.223 e. The molecule has 27 heavy (non-hydrogen) atoms. The number of hydrogen-bond acceptors (Lipinski definition) is 3. The summed E-state index contributed by atoms with van der Waals surface area (Å²) in [7, 11) is 0. The van der Waals surface area contributed by atoms with E-state index in [1.54, 1.807) is 0 Å². The van der Waals surface area contributed by atoms with Crippen LogP contribution >= 0.6 is 0 Å². The van der Waals surface area contributed by atoms with Gasteiger partial charge in [-0.05, 0) is 49.5 Å². The standard InChI is InChI=1S/C23H34N2O2/c1-18(16-24-9-11-27-12-10-24)25(17-19-5-3-2-4-6-19)23(26)15-22-14-20-7-8-21(22)13-20/h2-6,18,20-22H,7-17H2,1H3. The SMILES string of the molecule is CC(CN1CCOCC1)N(Cc1ccccc1)C(=O)CC1CC2CCC1C2. The van der Waals surface area contributed by atoms with Crippen molar-refractivity contribution in [1.29, 1.82) is 0 Å². The van der Waals surface area contributed by atoms with Gasteiger partial charge in [0, 0.05) is 38.6 Å². The summed E-state index contributed by atoms with van der Waals surface area (Å²) in [5, 5.41) is 0. The molecule has 1 aromatic rings. The van der Waals surface area contributed by atoms with E-state index in [0.717, 1.165) is 57.6 Å². The van der Waals surface area contributed by atoms with Gasteiger partial charge in [0.1, 0.15) is 0 Å².